The molecule has 1 aromatic heterocycles. The molecule has 0 aliphatic heterocycles. The van der Waals surface area contributed by atoms with E-state index < -0.39 is 0 Å². The van der Waals surface area contributed by atoms with Crippen LogP contribution < -0.4 is 5.73 Å². The summed E-state index contributed by atoms with van der Waals surface area (Å²) in [6, 6.07) is 58.3. The highest BCUT2D eigenvalue weighted by molar-refractivity contribution is 7.25. The quantitative estimate of drug-likeness (QED) is 0.105. The van der Waals surface area contributed by atoms with Crippen molar-refractivity contribution < 1.29 is 0 Å². The first-order valence-corrected chi connectivity index (χ1v) is 20.9. The largest absolute Gasteiger partial charge is 0.333 e. The fourth-order valence-corrected chi connectivity index (χ4v) is 8.37. The Hall–Kier alpha value is -6.65. The molecular weight excluding hydrogens is 733 g/mol. The molecule has 0 unspecified atom stereocenters. The molecule has 0 atom stereocenters. The van der Waals surface area contributed by atoms with Gasteiger partial charge in [-0.15, -0.1) is 11.3 Å². The molecule has 0 bridgehead atoms. The highest BCUT2D eigenvalue weighted by atomic mass is 32.1. The van der Waals surface area contributed by atoms with Crippen LogP contribution in [0.1, 0.15) is 48.6 Å². The molecule has 1 heterocycles. The molecule has 292 valence electrons. The lowest BCUT2D eigenvalue weighted by atomic mass is 9.90. The SMILES string of the molecule is CN.C\C=C/C=C\C=C\c1c(-c2ccc(/C(C)=C/C)cc2)cccc1-c1ccc2sc3cccc(C=N)c3c2c1.c1ccc(Cc2ccccc2-c2ccccc2)cc1. The number of hydrogen-bond donors (Lipinski definition) is 2. The highest BCUT2D eigenvalue weighted by Crippen LogP contribution is 2.40. The summed E-state index contributed by atoms with van der Waals surface area (Å²) in [6.07, 6.45) is 17.1. The molecule has 0 amide bonds. The maximum atomic E-state index is 7.95. The first kappa shape index (κ1) is 42.0. The van der Waals surface area contributed by atoms with Gasteiger partial charge in [0, 0.05) is 32.0 Å². The Morgan fingerprint density at radius 3 is 1.90 bits per heavy atom. The van der Waals surface area contributed by atoms with Crippen molar-refractivity contribution in [1.29, 1.82) is 5.41 Å². The predicted molar refractivity (Wildman–Crippen MR) is 262 cm³/mol. The van der Waals surface area contributed by atoms with Crippen molar-refractivity contribution in [2.75, 3.05) is 7.05 Å². The molecule has 3 heteroatoms. The van der Waals surface area contributed by atoms with E-state index in [0.717, 1.165) is 12.0 Å². The average molecular weight is 785 g/mol. The average Bonchev–Trinajstić information content (AvgIpc) is 3.69. The van der Waals surface area contributed by atoms with Gasteiger partial charge in [-0.3, -0.25) is 0 Å². The lowest BCUT2D eigenvalue weighted by molar-refractivity contribution is 1.19. The fraction of sp³-hybridized carbons (Fsp3) is 0.0893. The third kappa shape index (κ3) is 10.3. The summed E-state index contributed by atoms with van der Waals surface area (Å²) in [5.41, 5.74) is 19.3. The third-order valence-corrected chi connectivity index (χ3v) is 11.4. The van der Waals surface area contributed by atoms with Gasteiger partial charge in [0.05, 0.1) is 0 Å². The van der Waals surface area contributed by atoms with E-state index in [1.807, 2.05) is 31.2 Å². The van der Waals surface area contributed by atoms with Crippen LogP contribution in [0, 0.1) is 5.41 Å². The Morgan fingerprint density at radius 1 is 0.576 bits per heavy atom. The van der Waals surface area contributed by atoms with Crippen molar-refractivity contribution in [3.63, 3.8) is 0 Å². The molecule has 7 aromatic carbocycles. The predicted octanol–water partition coefficient (Wildman–Crippen LogP) is 15.5. The Bertz CT molecular complexity index is 2730. The third-order valence-electron chi connectivity index (χ3n) is 10.3. The highest BCUT2D eigenvalue weighted by Gasteiger charge is 2.14. The van der Waals surface area contributed by atoms with Gasteiger partial charge in [-0.2, -0.15) is 0 Å². The molecule has 0 saturated carbocycles. The second kappa shape index (κ2) is 21.2. The van der Waals surface area contributed by atoms with Crippen LogP contribution in [0.25, 0.3) is 65.2 Å². The summed E-state index contributed by atoms with van der Waals surface area (Å²) in [7, 11) is 1.50. The van der Waals surface area contributed by atoms with Gasteiger partial charge in [-0.25, -0.2) is 0 Å². The van der Waals surface area contributed by atoms with Gasteiger partial charge >= 0.3 is 0 Å². The summed E-state index contributed by atoms with van der Waals surface area (Å²) >= 11 is 1.79. The minimum Gasteiger partial charge on any atom is -0.333 e. The Morgan fingerprint density at radius 2 is 1.19 bits per heavy atom. The minimum absolute atomic E-state index is 0.963. The zero-order valence-electron chi connectivity index (χ0n) is 34.4. The number of thiophene rings is 1. The van der Waals surface area contributed by atoms with Crippen LogP contribution >= 0.6 is 11.3 Å². The maximum Gasteiger partial charge on any atom is 0.0361 e. The summed E-state index contributed by atoms with van der Waals surface area (Å²) in [4.78, 5) is 0. The molecule has 59 heavy (non-hydrogen) atoms. The molecule has 0 aliphatic rings. The number of benzene rings is 7. The van der Waals surface area contributed by atoms with Crippen LogP contribution in [-0.2, 0) is 6.42 Å². The van der Waals surface area contributed by atoms with Crippen molar-refractivity contribution in [2.24, 2.45) is 5.73 Å². The molecule has 0 saturated heterocycles. The smallest absolute Gasteiger partial charge is 0.0361 e. The van der Waals surface area contributed by atoms with E-state index in [-0.39, 0.29) is 0 Å². The van der Waals surface area contributed by atoms with Crippen molar-refractivity contribution in [2.45, 2.75) is 27.2 Å². The summed E-state index contributed by atoms with van der Waals surface area (Å²) in [5, 5.41) is 10.3. The summed E-state index contributed by atoms with van der Waals surface area (Å²) in [5.74, 6) is 0. The molecule has 0 spiro atoms. The monoisotopic (exact) mass is 784 g/mol. The number of nitrogens with two attached hydrogens (primary N) is 1. The maximum absolute atomic E-state index is 7.95. The first-order valence-electron chi connectivity index (χ1n) is 20.1. The zero-order valence-corrected chi connectivity index (χ0v) is 35.2. The van der Waals surface area contributed by atoms with Crippen LogP contribution in [0.4, 0.5) is 0 Å². The normalized spacial score (nSPS) is 11.5. The van der Waals surface area contributed by atoms with E-state index in [2.05, 4.69) is 202 Å². The molecule has 8 rings (SSSR count). The molecule has 3 N–H and O–H groups in total. The van der Waals surface area contributed by atoms with Gasteiger partial charge in [0.15, 0.2) is 0 Å². The first-order chi connectivity index (χ1) is 29.1. The second-order valence-corrected chi connectivity index (χ2v) is 15.0. The van der Waals surface area contributed by atoms with E-state index in [0.29, 0.717) is 0 Å². The number of fused-ring (bicyclic) bond motifs is 3. The van der Waals surface area contributed by atoms with Crippen molar-refractivity contribution in [1.82, 2.24) is 0 Å². The lowest BCUT2D eigenvalue weighted by Gasteiger charge is -2.14. The van der Waals surface area contributed by atoms with Gasteiger partial charge in [0.1, 0.15) is 0 Å². The van der Waals surface area contributed by atoms with E-state index in [4.69, 9.17) is 5.41 Å². The topological polar surface area (TPSA) is 49.9 Å². The van der Waals surface area contributed by atoms with Crippen LogP contribution in [-0.4, -0.2) is 13.3 Å². The van der Waals surface area contributed by atoms with Gasteiger partial charge in [-0.05, 0) is 114 Å². The van der Waals surface area contributed by atoms with Crippen LogP contribution in [0.2, 0.25) is 0 Å². The standard InChI is InChI=1S/C36H31NS.C19H16.CH5N/c1-4-6-7-8-9-13-32-30(27-19-17-26(18-20-27)25(3)5-2)14-11-15-31(32)28-21-22-34-33(23-28)36-29(24-37)12-10-16-35(36)38-34;1-3-9-16(10-4-1)15-18-13-7-8-14-19(18)17-11-5-2-6-12-17;1-2/h4-24,37H,1-3H3;1-14H,15H2;2H2,1H3/b6-4-,8-7-,13-9+,25-5+,37-24?;;. The molecule has 8 aromatic rings. The van der Waals surface area contributed by atoms with Gasteiger partial charge in [0.25, 0.3) is 0 Å². The molecular formula is C56H52N2S. The molecule has 2 nitrogen and oxygen atoms in total. The minimum atomic E-state index is 0.963. The van der Waals surface area contributed by atoms with Crippen molar-refractivity contribution in [3.05, 3.63) is 228 Å². The van der Waals surface area contributed by atoms with Gasteiger partial charge in [0.2, 0.25) is 0 Å². The Kier molecular flexibility index (Phi) is 15.1. The van der Waals surface area contributed by atoms with E-state index in [1.165, 1.54) is 94.6 Å². The van der Waals surface area contributed by atoms with Crippen LogP contribution in [0.5, 0.6) is 0 Å². The zero-order chi connectivity index (χ0) is 41.4. The molecule has 0 fully saturated rings. The number of rotatable bonds is 10. The Balaban J connectivity index is 0.000000232. The number of hydrogen-bond acceptors (Lipinski definition) is 3. The van der Waals surface area contributed by atoms with E-state index >= 15 is 0 Å². The van der Waals surface area contributed by atoms with Crippen LogP contribution in [0.3, 0.4) is 0 Å². The van der Waals surface area contributed by atoms with Crippen molar-refractivity contribution in [3.8, 4) is 33.4 Å². The van der Waals surface area contributed by atoms with Crippen LogP contribution in [0.15, 0.2) is 200 Å². The molecule has 0 aliphatic carbocycles. The van der Waals surface area contributed by atoms with E-state index in [1.54, 1.807) is 11.3 Å². The Labute approximate surface area is 354 Å². The van der Waals surface area contributed by atoms with E-state index in [9.17, 15) is 0 Å². The van der Waals surface area contributed by atoms with Crippen molar-refractivity contribution >= 4 is 49.4 Å². The summed E-state index contributed by atoms with van der Waals surface area (Å²) < 4.78 is 2.47. The molecule has 0 radical (unpaired) electrons. The summed E-state index contributed by atoms with van der Waals surface area (Å²) in [6.45, 7) is 6.25. The number of nitrogens with one attached hydrogen (secondary N) is 1. The van der Waals surface area contributed by atoms with Gasteiger partial charge < -0.3 is 11.1 Å². The number of allylic oxidation sites excluding steroid dienone is 7. The van der Waals surface area contributed by atoms with Gasteiger partial charge in [-0.1, -0.05) is 188 Å². The lowest BCUT2D eigenvalue weighted by Crippen LogP contribution is -1.91. The fourth-order valence-electron chi connectivity index (χ4n) is 7.25. The second-order valence-electron chi connectivity index (χ2n) is 13.9.